The molecule has 4 heteroatoms. The molecule has 0 saturated heterocycles. The molecule has 0 aromatic carbocycles. The number of carbonyl (C=O) groups is 1. The SMILES string of the molecule is C=CCN(Cc1cccs1)C(=O)CCCNC. The number of hydrogen-bond acceptors (Lipinski definition) is 3. The predicted octanol–water partition coefficient (Wildman–Crippen LogP) is 2.26. The van der Waals surface area contributed by atoms with Crippen LogP contribution in [0.25, 0.3) is 0 Å². The van der Waals surface area contributed by atoms with E-state index in [4.69, 9.17) is 0 Å². The van der Waals surface area contributed by atoms with E-state index < -0.39 is 0 Å². The molecule has 1 heterocycles. The summed E-state index contributed by atoms with van der Waals surface area (Å²) in [7, 11) is 1.90. The van der Waals surface area contributed by atoms with Crippen molar-refractivity contribution in [1.29, 1.82) is 0 Å². The Balaban J connectivity index is 2.46. The largest absolute Gasteiger partial charge is 0.334 e. The van der Waals surface area contributed by atoms with Crippen molar-refractivity contribution < 1.29 is 4.79 Å². The first kappa shape index (κ1) is 13.9. The van der Waals surface area contributed by atoms with Crippen LogP contribution in [0.2, 0.25) is 0 Å². The van der Waals surface area contributed by atoms with Gasteiger partial charge in [-0.15, -0.1) is 17.9 Å². The van der Waals surface area contributed by atoms with Crippen molar-refractivity contribution in [2.24, 2.45) is 0 Å². The minimum absolute atomic E-state index is 0.202. The topological polar surface area (TPSA) is 32.3 Å². The van der Waals surface area contributed by atoms with Crippen LogP contribution in [-0.2, 0) is 11.3 Å². The molecule has 1 aromatic rings. The molecule has 0 fully saturated rings. The second kappa shape index (κ2) is 8.03. The lowest BCUT2D eigenvalue weighted by Crippen LogP contribution is -2.30. The first-order valence-corrected chi connectivity index (χ1v) is 6.71. The highest BCUT2D eigenvalue weighted by Crippen LogP contribution is 2.13. The summed E-state index contributed by atoms with van der Waals surface area (Å²) in [6, 6.07) is 4.07. The van der Waals surface area contributed by atoms with Gasteiger partial charge in [0, 0.05) is 17.8 Å². The van der Waals surface area contributed by atoms with E-state index in [0.717, 1.165) is 13.0 Å². The second-order valence-electron chi connectivity index (χ2n) is 3.85. The summed E-state index contributed by atoms with van der Waals surface area (Å²) in [5, 5.41) is 5.09. The molecule has 0 aliphatic carbocycles. The van der Waals surface area contributed by atoms with E-state index in [1.807, 2.05) is 23.4 Å². The summed E-state index contributed by atoms with van der Waals surface area (Å²) < 4.78 is 0. The fourth-order valence-corrected chi connectivity index (χ4v) is 2.29. The Kier molecular flexibility index (Phi) is 6.58. The normalized spacial score (nSPS) is 10.2. The van der Waals surface area contributed by atoms with Gasteiger partial charge < -0.3 is 10.2 Å². The summed E-state index contributed by atoms with van der Waals surface area (Å²) in [5.74, 6) is 0.202. The van der Waals surface area contributed by atoms with Gasteiger partial charge in [-0.05, 0) is 31.5 Å². The molecule has 1 N–H and O–H groups in total. The smallest absolute Gasteiger partial charge is 0.223 e. The Labute approximate surface area is 107 Å². The zero-order valence-electron chi connectivity index (χ0n) is 10.3. The van der Waals surface area contributed by atoms with Crippen LogP contribution in [0, 0.1) is 0 Å². The van der Waals surface area contributed by atoms with Crippen LogP contribution in [0.4, 0.5) is 0 Å². The summed E-state index contributed by atoms with van der Waals surface area (Å²) in [6.45, 7) is 5.91. The summed E-state index contributed by atoms with van der Waals surface area (Å²) in [4.78, 5) is 15.1. The van der Waals surface area contributed by atoms with Crippen molar-refractivity contribution >= 4 is 17.2 Å². The first-order chi connectivity index (χ1) is 8.27. The van der Waals surface area contributed by atoms with E-state index >= 15 is 0 Å². The number of amides is 1. The van der Waals surface area contributed by atoms with Crippen LogP contribution in [0.15, 0.2) is 30.2 Å². The minimum atomic E-state index is 0.202. The van der Waals surface area contributed by atoms with Gasteiger partial charge in [0.15, 0.2) is 0 Å². The van der Waals surface area contributed by atoms with E-state index in [9.17, 15) is 4.79 Å². The Hall–Kier alpha value is -1.13. The van der Waals surface area contributed by atoms with Crippen molar-refractivity contribution in [3.63, 3.8) is 0 Å². The number of rotatable bonds is 8. The minimum Gasteiger partial charge on any atom is -0.334 e. The van der Waals surface area contributed by atoms with E-state index in [1.54, 1.807) is 17.4 Å². The standard InChI is InChI=1S/C13H20N2OS/c1-3-9-15(11-12-6-5-10-17-12)13(16)7-4-8-14-2/h3,5-6,10,14H,1,4,7-9,11H2,2H3. The third-order valence-electron chi connectivity index (χ3n) is 2.45. The molecule has 0 bridgehead atoms. The molecule has 0 aliphatic rings. The summed E-state index contributed by atoms with van der Waals surface area (Å²) in [6.07, 6.45) is 3.26. The molecule has 3 nitrogen and oxygen atoms in total. The molecule has 0 radical (unpaired) electrons. The van der Waals surface area contributed by atoms with Gasteiger partial charge in [0.25, 0.3) is 0 Å². The van der Waals surface area contributed by atoms with Crippen molar-refractivity contribution in [2.75, 3.05) is 20.1 Å². The van der Waals surface area contributed by atoms with Crippen LogP contribution in [-0.4, -0.2) is 30.9 Å². The predicted molar refractivity (Wildman–Crippen MR) is 73.1 cm³/mol. The molecule has 0 atom stereocenters. The molecular weight excluding hydrogens is 232 g/mol. The number of carbonyl (C=O) groups excluding carboxylic acids is 1. The highest BCUT2D eigenvalue weighted by Gasteiger charge is 2.12. The molecule has 0 spiro atoms. The molecule has 0 saturated carbocycles. The fourth-order valence-electron chi connectivity index (χ4n) is 1.58. The molecule has 94 valence electrons. The van der Waals surface area contributed by atoms with E-state index in [2.05, 4.69) is 18.0 Å². The van der Waals surface area contributed by atoms with Gasteiger partial charge >= 0.3 is 0 Å². The van der Waals surface area contributed by atoms with Gasteiger partial charge in [0.05, 0.1) is 6.54 Å². The molecule has 0 unspecified atom stereocenters. The summed E-state index contributed by atoms with van der Waals surface area (Å²) >= 11 is 1.68. The molecule has 1 amide bonds. The van der Waals surface area contributed by atoms with Crippen LogP contribution in [0.1, 0.15) is 17.7 Å². The monoisotopic (exact) mass is 252 g/mol. The maximum atomic E-state index is 12.0. The zero-order chi connectivity index (χ0) is 12.5. The van der Waals surface area contributed by atoms with Crippen molar-refractivity contribution in [3.8, 4) is 0 Å². The fraction of sp³-hybridized carbons (Fsp3) is 0.462. The highest BCUT2D eigenvalue weighted by molar-refractivity contribution is 7.09. The van der Waals surface area contributed by atoms with Crippen LogP contribution >= 0.6 is 11.3 Å². The summed E-state index contributed by atoms with van der Waals surface area (Å²) in [5.41, 5.74) is 0. The number of thiophene rings is 1. The van der Waals surface area contributed by atoms with Gasteiger partial charge in [0.1, 0.15) is 0 Å². The third kappa shape index (κ3) is 5.15. The molecule has 1 aromatic heterocycles. The van der Waals surface area contributed by atoms with Crippen LogP contribution < -0.4 is 5.32 Å². The highest BCUT2D eigenvalue weighted by atomic mass is 32.1. The van der Waals surface area contributed by atoms with Crippen LogP contribution in [0.3, 0.4) is 0 Å². The lowest BCUT2D eigenvalue weighted by molar-refractivity contribution is -0.131. The Bertz CT molecular complexity index is 335. The van der Waals surface area contributed by atoms with E-state index in [0.29, 0.717) is 19.5 Å². The van der Waals surface area contributed by atoms with Gasteiger partial charge in [-0.25, -0.2) is 0 Å². The third-order valence-corrected chi connectivity index (χ3v) is 3.31. The van der Waals surface area contributed by atoms with Gasteiger partial charge in [0.2, 0.25) is 5.91 Å². The molecule has 1 rings (SSSR count). The van der Waals surface area contributed by atoms with Gasteiger partial charge in [-0.3, -0.25) is 4.79 Å². The Morgan fingerprint density at radius 2 is 2.47 bits per heavy atom. The lowest BCUT2D eigenvalue weighted by atomic mass is 10.2. The van der Waals surface area contributed by atoms with E-state index in [1.165, 1.54) is 4.88 Å². The zero-order valence-corrected chi connectivity index (χ0v) is 11.1. The molecule has 17 heavy (non-hydrogen) atoms. The number of nitrogens with zero attached hydrogens (tertiary/aromatic N) is 1. The average molecular weight is 252 g/mol. The first-order valence-electron chi connectivity index (χ1n) is 5.83. The molecule has 0 aliphatic heterocycles. The maximum absolute atomic E-state index is 12.0. The Morgan fingerprint density at radius 3 is 3.06 bits per heavy atom. The van der Waals surface area contributed by atoms with Crippen molar-refractivity contribution in [2.45, 2.75) is 19.4 Å². The van der Waals surface area contributed by atoms with Crippen molar-refractivity contribution in [3.05, 3.63) is 35.0 Å². The number of hydrogen-bond donors (Lipinski definition) is 1. The van der Waals surface area contributed by atoms with Gasteiger partial charge in [-0.1, -0.05) is 12.1 Å². The van der Waals surface area contributed by atoms with E-state index in [-0.39, 0.29) is 5.91 Å². The van der Waals surface area contributed by atoms with Gasteiger partial charge in [-0.2, -0.15) is 0 Å². The lowest BCUT2D eigenvalue weighted by Gasteiger charge is -2.20. The molecular formula is C13H20N2OS. The number of nitrogens with one attached hydrogen (secondary N) is 1. The van der Waals surface area contributed by atoms with Crippen LogP contribution in [0.5, 0.6) is 0 Å². The second-order valence-corrected chi connectivity index (χ2v) is 4.88. The van der Waals surface area contributed by atoms with Crippen molar-refractivity contribution in [1.82, 2.24) is 10.2 Å². The quantitative estimate of drug-likeness (QED) is 0.568. The Morgan fingerprint density at radius 1 is 1.65 bits per heavy atom. The maximum Gasteiger partial charge on any atom is 0.223 e. The average Bonchev–Trinajstić information content (AvgIpc) is 2.81.